The van der Waals surface area contributed by atoms with Crippen LogP contribution in [0.3, 0.4) is 0 Å². The molecule has 32 heavy (non-hydrogen) atoms. The summed E-state index contributed by atoms with van der Waals surface area (Å²) < 4.78 is 10.5. The number of aromatic amines is 1. The van der Waals surface area contributed by atoms with E-state index >= 15 is 0 Å². The first kappa shape index (κ1) is 20.7. The van der Waals surface area contributed by atoms with E-state index in [-0.39, 0.29) is 17.1 Å². The van der Waals surface area contributed by atoms with Crippen LogP contribution in [0.4, 0.5) is 0 Å². The zero-order valence-electron chi connectivity index (χ0n) is 17.3. The van der Waals surface area contributed by atoms with Crippen molar-refractivity contribution in [1.29, 1.82) is 0 Å². The number of aromatic nitrogens is 4. The van der Waals surface area contributed by atoms with Crippen molar-refractivity contribution in [3.05, 3.63) is 49.7 Å². The number of methoxy groups -OCH3 is 1. The van der Waals surface area contributed by atoms with Gasteiger partial charge in [-0.3, -0.25) is 4.79 Å². The number of rotatable bonds is 5. The number of aryl methyl sites for hydroxylation is 1. The Hall–Kier alpha value is -3.15. The molecular weight excluding hydrogens is 450 g/mol. The van der Waals surface area contributed by atoms with Crippen LogP contribution in [-0.4, -0.2) is 39.6 Å². The fraction of sp³-hybridized carbons (Fsp3) is 0.286. The van der Waals surface area contributed by atoms with Crippen LogP contribution in [0, 0.1) is 6.92 Å². The number of pyridine rings is 1. The summed E-state index contributed by atoms with van der Waals surface area (Å²) in [7, 11) is 1.28. The number of carbonyl (C=O) groups excluding carboxylic acids is 1. The maximum absolute atomic E-state index is 12.1. The summed E-state index contributed by atoms with van der Waals surface area (Å²) >= 11 is 3.07. The van der Waals surface area contributed by atoms with E-state index < -0.39 is 5.97 Å². The predicted octanol–water partition coefficient (Wildman–Crippen LogP) is 3.80. The molecule has 1 atom stereocenters. The molecule has 1 saturated heterocycles. The molecule has 0 radical (unpaired) electrons. The van der Waals surface area contributed by atoms with Crippen LogP contribution in [-0.2, 0) is 4.74 Å². The molecule has 4 aromatic heterocycles. The van der Waals surface area contributed by atoms with Crippen molar-refractivity contribution in [1.82, 2.24) is 25.3 Å². The molecule has 0 unspecified atom stereocenters. The van der Waals surface area contributed by atoms with E-state index in [0.29, 0.717) is 28.8 Å². The number of oxazole rings is 1. The lowest BCUT2D eigenvalue weighted by molar-refractivity contribution is 0.0593. The average Bonchev–Trinajstić information content (AvgIpc) is 3.59. The van der Waals surface area contributed by atoms with Gasteiger partial charge in [-0.15, -0.1) is 22.7 Å². The maximum atomic E-state index is 12.1. The van der Waals surface area contributed by atoms with Crippen LogP contribution >= 0.6 is 22.7 Å². The van der Waals surface area contributed by atoms with E-state index in [2.05, 4.69) is 15.3 Å². The van der Waals surface area contributed by atoms with Crippen LogP contribution in [0.15, 0.2) is 32.1 Å². The highest BCUT2D eigenvalue weighted by Crippen LogP contribution is 2.35. The number of thiazole rings is 2. The number of hydrogen-bond acceptors (Lipinski definition) is 10. The van der Waals surface area contributed by atoms with E-state index in [0.717, 1.165) is 35.1 Å². The monoisotopic (exact) mass is 469 g/mol. The normalized spacial score (nSPS) is 15.9. The van der Waals surface area contributed by atoms with Crippen LogP contribution in [0.1, 0.15) is 40.1 Å². The van der Waals surface area contributed by atoms with Crippen LogP contribution in [0.2, 0.25) is 0 Å². The Morgan fingerprint density at radius 3 is 2.81 bits per heavy atom. The highest BCUT2D eigenvalue weighted by molar-refractivity contribution is 7.14. The predicted molar refractivity (Wildman–Crippen MR) is 121 cm³/mol. The Labute approximate surface area is 190 Å². The van der Waals surface area contributed by atoms with Gasteiger partial charge in [0.05, 0.1) is 30.1 Å². The van der Waals surface area contributed by atoms with Gasteiger partial charge in [-0.1, -0.05) is 0 Å². The number of H-pyrrole nitrogens is 1. The smallest absolute Gasteiger partial charge is 0.360 e. The van der Waals surface area contributed by atoms with Crippen molar-refractivity contribution in [2.45, 2.75) is 25.8 Å². The summed E-state index contributed by atoms with van der Waals surface area (Å²) in [5.74, 6) is -0.0547. The lowest BCUT2D eigenvalue weighted by atomic mass is 10.1. The summed E-state index contributed by atoms with van der Waals surface area (Å²) in [5, 5.41) is 9.14. The number of hydrogen-bond donors (Lipinski definition) is 2. The number of carbonyl (C=O) groups is 1. The highest BCUT2D eigenvalue weighted by Gasteiger charge is 2.23. The highest BCUT2D eigenvalue weighted by atomic mass is 32.1. The molecule has 9 nitrogen and oxygen atoms in total. The standard InChI is InChI=1S/C21H19N5O4S2/c1-10-16(21(28)29-2)26-18(30-10)11-5-6-15(27)25-17(11)13-8-31-20(23-13)14-9-32-19(24-14)12-4-3-7-22-12/h5-6,8-9,12,22H,3-4,7H2,1-2H3,(H,25,27)/t12-/m0/s1. The van der Waals surface area contributed by atoms with Crippen molar-refractivity contribution in [3.8, 4) is 33.5 Å². The molecule has 11 heteroatoms. The molecule has 0 saturated carbocycles. The summed E-state index contributed by atoms with van der Waals surface area (Å²) in [5.41, 5.74) is 2.18. The van der Waals surface area contributed by atoms with Crippen molar-refractivity contribution in [2.24, 2.45) is 0 Å². The van der Waals surface area contributed by atoms with Crippen molar-refractivity contribution >= 4 is 28.6 Å². The molecule has 1 aliphatic heterocycles. The Bertz CT molecular complexity index is 1350. The molecule has 2 N–H and O–H groups in total. The van der Waals surface area contributed by atoms with Gasteiger partial charge in [-0.05, 0) is 32.4 Å². The fourth-order valence-corrected chi connectivity index (χ4v) is 5.36. The first-order chi connectivity index (χ1) is 15.5. The number of nitrogens with zero attached hydrogens (tertiary/aromatic N) is 3. The minimum atomic E-state index is -0.587. The number of esters is 1. The Kier molecular flexibility index (Phi) is 5.45. The topological polar surface area (TPSA) is 123 Å². The Morgan fingerprint density at radius 1 is 1.19 bits per heavy atom. The minimum Gasteiger partial charge on any atom is -0.464 e. The van der Waals surface area contributed by atoms with Crippen LogP contribution in [0.5, 0.6) is 0 Å². The molecule has 0 spiro atoms. The maximum Gasteiger partial charge on any atom is 0.360 e. The van der Waals surface area contributed by atoms with Crippen molar-refractivity contribution < 1.29 is 13.9 Å². The Balaban J connectivity index is 1.51. The first-order valence-electron chi connectivity index (χ1n) is 9.98. The van der Waals surface area contributed by atoms with Gasteiger partial charge in [-0.25, -0.2) is 19.7 Å². The van der Waals surface area contributed by atoms with Crippen molar-refractivity contribution in [3.63, 3.8) is 0 Å². The largest absolute Gasteiger partial charge is 0.464 e. The molecule has 1 aliphatic rings. The third-order valence-electron chi connectivity index (χ3n) is 5.18. The molecule has 164 valence electrons. The van der Waals surface area contributed by atoms with Crippen LogP contribution in [0.25, 0.3) is 33.5 Å². The summed E-state index contributed by atoms with van der Waals surface area (Å²) in [6, 6.07) is 3.29. The summed E-state index contributed by atoms with van der Waals surface area (Å²) in [4.78, 5) is 40.6. The van der Waals surface area contributed by atoms with E-state index in [1.807, 2.05) is 10.8 Å². The SMILES string of the molecule is COC(=O)c1nc(-c2ccc(=O)[nH]c2-c2csc(-c3csc([C@@H]4CCCN4)n3)n2)oc1C. The molecule has 5 rings (SSSR count). The van der Waals surface area contributed by atoms with Gasteiger partial charge < -0.3 is 19.5 Å². The second-order valence-corrected chi connectivity index (χ2v) is 9.03. The zero-order valence-corrected chi connectivity index (χ0v) is 18.9. The first-order valence-corrected chi connectivity index (χ1v) is 11.7. The van der Waals surface area contributed by atoms with E-state index in [1.54, 1.807) is 24.3 Å². The summed E-state index contributed by atoms with van der Waals surface area (Å²) in [6.07, 6.45) is 2.25. The van der Waals surface area contributed by atoms with E-state index in [9.17, 15) is 9.59 Å². The molecule has 0 amide bonds. The summed E-state index contributed by atoms with van der Waals surface area (Å²) in [6.45, 7) is 2.65. The van der Waals surface area contributed by atoms with Gasteiger partial charge in [0.2, 0.25) is 11.4 Å². The van der Waals surface area contributed by atoms with Gasteiger partial charge >= 0.3 is 5.97 Å². The lowest BCUT2D eigenvalue weighted by Gasteiger charge is -2.04. The van der Waals surface area contributed by atoms with Gasteiger partial charge in [0.15, 0.2) is 5.69 Å². The van der Waals surface area contributed by atoms with Crippen LogP contribution < -0.4 is 10.9 Å². The molecule has 0 bridgehead atoms. The van der Waals surface area contributed by atoms with Crippen molar-refractivity contribution in [2.75, 3.05) is 13.7 Å². The molecule has 5 heterocycles. The molecule has 4 aromatic rings. The minimum absolute atomic E-state index is 0.0918. The van der Waals surface area contributed by atoms with Gasteiger partial charge in [0, 0.05) is 16.8 Å². The lowest BCUT2D eigenvalue weighted by Crippen LogP contribution is -2.12. The third kappa shape index (κ3) is 3.78. The van der Waals surface area contributed by atoms with Gasteiger partial charge in [0.1, 0.15) is 21.5 Å². The average molecular weight is 470 g/mol. The molecule has 1 fully saturated rings. The quantitative estimate of drug-likeness (QED) is 0.423. The van der Waals surface area contributed by atoms with Gasteiger partial charge in [-0.2, -0.15) is 0 Å². The zero-order chi connectivity index (χ0) is 22.2. The fourth-order valence-electron chi connectivity index (χ4n) is 3.60. The number of nitrogens with one attached hydrogen (secondary N) is 2. The second-order valence-electron chi connectivity index (χ2n) is 7.28. The second kappa shape index (κ2) is 8.41. The Morgan fingerprint density at radius 2 is 2.03 bits per heavy atom. The van der Waals surface area contributed by atoms with E-state index in [4.69, 9.17) is 19.1 Å². The molecule has 0 aliphatic carbocycles. The van der Waals surface area contributed by atoms with E-state index in [1.165, 1.54) is 24.5 Å². The third-order valence-corrected chi connectivity index (χ3v) is 7.01. The molecule has 0 aromatic carbocycles. The van der Waals surface area contributed by atoms with Gasteiger partial charge in [0.25, 0.3) is 0 Å². The number of ether oxygens (including phenoxy) is 1. The molecular formula is C21H19N5O4S2.